The van der Waals surface area contributed by atoms with Gasteiger partial charge in [-0.05, 0) is 60.8 Å². The molecule has 0 atom stereocenters. The van der Waals surface area contributed by atoms with Gasteiger partial charge in [0.15, 0.2) is 0 Å². The van der Waals surface area contributed by atoms with Crippen LogP contribution in [0.2, 0.25) is 5.31 Å². The van der Waals surface area contributed by atoms with Crippen molar-refractivity contribution in [3.8, 4) is 22.3 Å². The Bertz CT molecular complexity index is 1850. The minimum absolute atomic E-state index is 0.0977. The maximum atomic E-state index is 13.7. The van der Waals surface area contributed by atoms with Gasteiger partial charge in [0.05, 0.1) is 9.79 Å². The summed E-state index contributed by atoms with van der Waals surface area (Å²) in [6.45, 7) is 8.36. The predicted octanol–water partition coefficient (Wildman–Crippen LogP) is 6.85. The number of fused-ring (bicyclic) bond motifs is 6. The molecule has 0 N–H and O–H groups in total. The number of rotatable bonds is 2. The fourth-order valence-corrected chi connectivity index (χ4v) is 7.40. The standard InChI is InChI=1S/C30H25BO4S/c1-29(2)30(3,4)35-31(29)20-11-13-23-22-12-9-19(16-27(22)36(32,33)28(23)17-20)18-10-14-26-24(15-18)21-7-5-6-8-25(21)34-26/h5-17H,1-4H3. The lowest BCUT2D eigenvalue weighted by Crippen LogP contribution is -2.66. The highest BCUT2D eigenvalue weighted by molar-refractivity contribution is 7.92. The van der Waals surface area contributed by atoms with E-state index in [4.69, 9.17) is 9.07 Å². The maximum Gasteiger partial charge on any atom is 0.335 e. The SMILES string of the molecule is CC1(C)OB(c2ccc3c(c2)S(=O)(=O)c2cc(-c4ccc5oc6ccccc6c5c4)ccc2-3)C1(C)C. The van der Waals surface area contributed by atoms with Crippen LogP contribution in [0.25, 0.3) is 44.2 Å². The Kier molecular flexibility index (Phi) is 4.20. The van der Waals surface area contributed by atoms with E-state index in [9.17, 15) is 8.42 Å². The van der Waals surface area contributed by atoms with Crippen LogP contribution < -0.4 is 5.46 Å². The molecular formula is C30H25BO4S. The summed E-state index contributed by atoms with van der Waals surface area (Å²) in [5, 5.41) is 1.97. The second-order valence-corrected chi connectivity index (χ2v) is 12.9. The first-order valence-corrected chi connectivity index (χ1v) is 13.7. The summed E-state index contributed by atoms with van der Waals surface area (Å²) >= 11 is 0. The van der Waals surface area contributed by atoms with Crippen LogP contribution in [0, 0.1) is 0 Å². The lowest BCUT2D eigenvalue weighted by atomic mass is 9.33. The van der Waals surface area contributed by atoms with E-state index in [0.29, 0.717) is 9.79 Å². The Balaban J connectivity index is 1.32. The third-order valence-electron chi connectivity index (χ3n) is 8.49. The molecule has 0 unspecified atom stereocenters. The van der Waals surface area contributed by atoms with E-state index in [1.165, 1.54) is 0 Å². The first kappa shape index (κ1) is 21.9. The Hall–Kier alpha value is -3.35. The average Bonchev–Trinajstić information content (AvgIpc) is 3.34. The summed E-state index contributed by atoms with van der Waals surface area (Å²) in [7, 11) is -3.64. The Morgan fingerprint density at radius 1 is 0.694 bits per heavy atom. The van der Waals surface area contributed by atoms with Gasteiger partial charge in [0, 0.05) is 32.8 Å². The summed E-state index contributed by atoms with van der Waals surface area (Å²) in [5.74, 6) is 0. The molecule has 178 valence electrons. The number of sulfone groups is 1. The van der Waals surface area contributed by atoms with Crippen molar-refractivity contribution in [2.75, 3.05) is 0 Å². The van der Waals surface area contributed by atoms with Crippen LogP contribution >= 0.6 is 0 Å². The molecule has 4 aromatic carbocycles. The summed E-state index contributed by atoms with van der Waals surface area (Å²) in [5.41, 5.74) is 5.64. The molecule has 5 aromatic rings. The molecule has 6 heteroatoms. The number of furan rings is 1. The molecule has 3 heterocycles. The molecule has 1 aromatic heterocycles. The van der Waals surface area contributed by atoms with E-state index < -0.39 is 9.84 Å². The average molecular weight is 492 g/mol. The molecule has 0 saturated carbocycles. The zero-order chi connectivity index (χ0) is 25.0. The van der Waals surface area contributed by atoms with Crippen LogP contribution in [0.1, 0.15) is 27.7 Å². The quantitative estimate of drug-likeness (QED) is 0.248. The van der Waals surface area contributed by atoms with Gasteiger partial charge in [-0.25, -0.2) is 8.42 Å². The number of para-hydroxylation sites is 1. The van der Waals surface area contributed by atoms with Crippen LogP contribution in [0.5, 0.6) is 0 Å². The van der Waals surface area contributed by atoms with Gasteiger partial charge in [-0.1, -0.05) is 62.4 Å². The highest BCUT2D eigenvalue weighted by Crippen LogP contribution is 2.53. The number of hydrogen-bond acceptors (Lipinski definition) is 4. The third-order valence-corrected chi connectivity index (χ3v) is 10.3. The van der Waals surface area contributed by atoms with Crippen molar-refractivity contribution in [1.29, 1.82) is 0 Å². The topological polar surface area (TPSA) is 56.5 Å². The zero-order valence-corrected chi connectivity index (χ0v) is 21.4. The Morgan fingerprint density at radius 3 is 2.08 bits per heavy atom. The van der Waals surface area contributed by atoms with Crippen molar-refractivity contribution in [3.63, 3.8) is 0 Å². The molecular weight excluding hydrogens is 467 g/mol. The van der Waals surface area contributed by atoms with Gasteiger partial charge in [0.25, 0.3) is 0 Å². The normalized spacial score (nSPS) is 18.7. The smallest absolute Gasteiger partial charge is 0.335 e. The van der Waals surface area contributed by atoms with Gasteiger partial charge in [-0.15, -0.1) is 0 Å². The van der Waals surface area contributed by atoms with Gasteiger partial charge < -0.3 is 9.07 Å². The fraction of sp³-hybridized carbons (Fsp3) is 0.200. The van der Waals surface area contributed by atoms with Crippen molar-refractivity contribution >= 4 is 44.2 Å². The van der Waals surface area contributed by atoms with Gasteiger partial charge in [-0.2, -0.15) is 0 Å². The molecule has 36 heavy (non-hydrogen) atoms. The molecule has 2 aliphatic rings. The highest BCUT2D eigenvalue weighted by atomic mass is 32.2. The summed E-state index contributed by atoms with van der Waals surface area (Å²) in [6, 6.07) is 25.5. The third kappa shape index (κ3) is 2.77. The largest absolute Gasteiger partial charge is 0.456 e. The van der Waals surface area contributed by atoms with E-state index >= 15 is 0 Å². The molecule has 1 saturated heterocycles. The number of hydrogen-bond donors (Lipinski definition) is 0. The Labute approximate surface area is 210 Å². The molecule has 7 rings (SSSR count). The Morgan fingerprint density at radius 2 is 1.33 bits per heavy atom. The first-order chi connectivity index (χ1) is 17.1. The molecule has 2 aliphatic heterocycles. The van der Waals surface area contributed by atoms with E-state index in [-0.39, 0.29) is 17.8 Å². The van der Waals surface area contributed by atoms with E-state index in [1.807, 2.05) is 66.7 Å². The number of benzene rings is 4. The van der Waals surface area contributed by atoms with Crippen LogP contribution in [0.15, 0.2) is 93.1 Å². The van der Waals surface area contributed by atoms with Crippen LogP contribution in [0.3, 0.4) is 0 Å². The van der Waals surface area contributed by atoms with E-state index in [2.05, 4.69) is 33.8 Å². The monoisotopic (exact) mass is 492 g/mol. The maximum absolute atomic E-state index is 13.7. The van der Waals surface area contributed by atoms with Crippen molar-refractivity contribution < 1.29 is 17.5 Å². The summed E-state index contributed by atoms with van der Waals surface area (Å²) < 4.78 is 39.6. The first-order valence-electron chi connectivity index (χ1n) is 12.2. The van der Waals surface area contributed by atoms with Gasteiger partial charge in [0.2, 0.25) is 9.84 Å². The molecule has 0 radical (unpaired) electrons. The molecule has 0 bridgehead atoms. The zero-order valence-electron chi connectivity index (χ0n) is 20.6. The van der Waals surface area contributed by atoms with Crippen LogP contribution in [0.4, 0.5) is 0 Å². The van der Waals surface area contributed by atoms with Crippen molar-refractivity contribution in [2.45, 2.75) is 48.4 Å². The van der Waals surface area contributed by atoms with Gasteiger partial charge in [-0.3, -0.25) is 0 Å². The lowest BCUT2D eigenvalue weighted by Gasteiger charge is -2.57. The van der Waals surface area contributed by atoms with Gasteiger partial charge in [0.1, 0.15) is 11.2 Å². The summed E-state index contributed by atoms with van der Waals surface area (Å²) in [6.07, 6.45) is 0. The fourth-order valence-electron chi connectivity index (χ4n) is 5.65. The molecule has 0 spiro atoms. The van der Waals surface area contributed by atoms with Crippen LogP contribution in [-0.4, -0.2) is 20.9 Å². The molecule has 4 nitrogen and oxygen atoms in total. The van der Waals surface area contributed by atoms with Crippen LogP contribution in [-0.2, 0) is 14.5 Å². The second kappa shape index (κ2) is 6.90. The van der Waals surface area contributed by atoms with Gasteiger partial charge >= 0.3 is 6.92 Å². The van der Waals surface area contributed by atoms with E-state index in [0.717, 1.165) is 49.7 Å². The van der Waals surface area contributed by atoms with E-state index in [1.54, 1.807) is 6.07 Å². The highest BCUT2D eigenvalue weighted by Gasteiger charge is 2.59. The minimum Gasteiger partial charge on any atom is -0.456 e. The summed E-state index contributed by atoms with van der Waals surface area (Å²) in [4.78, 5) is 0.728. The second-order valence-electron chi connectivity index (χ2n) is 11.0. The van der Waals surface area contributed by atoms with Crippen molar-refractivity contribution in [2.24, 2.45) is 0 Å². The minimum atomic E-state index is -3.64. The van der Waals surface area contributed by atoms with Crippen molar-refractivity contribution in [3.05, 3.63) is 78.9 Å². The molecule has 0 amide bonds. The predicted molar refractivity (Wildman–Crippen MR) is 145 cm³/mol. The molecule has 1 fully saturated rings. The van der Waals surface area contributed by atoms with Crippen molar-refractivity contribution in [1.82, 2.24) is 0 Å². The lowest BCUT2D eigenvalue weighted by molar-refractivity contribution is -0.00941. The molecule has 0 aliphatic carbocycles.